The highest BCUT2D eigenvalue weighted by atomic mass is 32.2. The Balaban J connectivity index is 1.51. The number of para-hydroxylation sites is 2. The van der Waals surface area contributed by atoms with Crippen LogP contribution in [0.3, 0.4) is 0 Å². The van der Waals surface area contributed by atoms with E-state index in [1.54, 1.807) is 30.0 Å². The first-order valence-corrected chi connectivity index (χ1v) is 12.6. The number of thioether (sulfide) groups is 1. The molecular formula is C22H25N5O2S2. The van der Waals surface area contributed by atoms with E-state index in [9.17, 15) is 13.7 Å². The van der Waals surface area contributed by atoms with Gasteiger partial charge in [0.05, 0.1) is 28.2 Å². The van der Waals surface area contributed by atoms with Crippen LogP contribution >= 0.6 is 11.8 Å². The molecule has 3 aromatic rings. The van der Waals surface area contributed by atoms with E-state index in [2.05, 4.69) is 29.4 Å². The highest BCUT2D eigenvalue weighted by Crippen LogP contribution is 2.28. The Bertz CT molecular complexity index is 1220. The molecule has 0 N–H and O–H groups in total. The first-order chi connectivity index (χ1) is 14.9. The lowest BCUT2D eigenvalue weighted by atomic mass is 10.2. The molecule has 0 atom stereocenters. The largest absolute Gasteiger partial charge is 0.305 e. The zero-order chi connectivity index (χ0) is 22.0. The number of sulfonamides is 1. The molecule has 0 aliphatic carbocycles. The fraction of sp³-hybridized carbons (Fsp3) is 0.364. The predicted octanol–water partition coefficient (Wildman–Crippen LogP) is 3.37. The molecule has 1 aliphatic heterocycles. The number of rotatable bonds is 6. The molecule has 0 radical (unpaired) electrons. The summed E-state index contributed by atoms with van der Waals surface area (Å²) in [7, 11) is -3.69. The summed E-state index contributed by atoms with van der Waals surface area (Å²) in [4.78, 5) is 7.13. The zero-order valence-electron chi connectivity index (χ0n) is 17.6. The third kappa shape index (κ3) is 4.48. The average molecular weight is 456 g/mol. The highest BCUT2D eigenvalue weighted by Gasteiger charge is 2.30. The first kappa shape index (κ1) is 21.8. The molecular weight excluding hydrogens is 430 g/mol. The summed E-state index contributed by atoms with van der Waals surface area (Å²) in [6.07, 6.45) is 0. The van der Waals surface area contributed by atoms with Crippen molar-refractivity contribution < 1.29 is 8.42 Å². The van der Waals surface area contributed by atoms with Gasteiger partial charge in [-0.1, -0.05) is 49.9 Å². The SMILES string of the molecule is CC(C)Sc1nc2ccccc2n1CN1CCN(S(=O)(=O)c2ccccc2C#N)CC1. The molecule has 1 fully saturated rings. The van der Waals surface area contributed by atoms with Gasteiger partial charge in [-0.25, -0.2) is 13.4 Å². The van der Waals surface area contributed by atoms with Crippen LogP contribution in [0, 0.1) is 11.3 Å². The van der Waals surface area contributed by atoms with Gasteiger partial charge in [0.15, 0.2) is 5.16 Å². The minimum absolute atomic E-state index is 0.0853. The number of hydrogen-bond acceptors (Lipinski definition) is 6. The Morgan fingerprint density at radius 3 is 2.45 bits per heavy atom. The van der Waals surface area contributed by atoms with Crippen molar-refractivity contribution in [1.82, 2.24) is 18.8 Å². The molecule has 1 saturated heterocycles. The molecule has 7 nitrogen and oxygen atoms in total. The van der Waals surface area contributed by atoms with Gasteiger partial charge in [-0.05, 0) is 24.3 Å². The summed E-state index contributed by atoms with van der Waals surface area (Å²) in [5, 5.41) is 10.7. The van der Waals surface area contributed by atoms with E-state index in [4.69, 9.17) is 4.98 Å². The van der Waals surface area contributed by atoms with Crippen molar-refractivity contribution in [3.63, 3.8) is 0 Å². The Kier molecular flexibility index (Phi) is 6.34. The summed E-state index contributed by atoms with van der Waals surface area (Å²) >= 11 is 1.73. The van der Waals surface area contributed by atoms with E-state index in [1.807, 2.05) is 24.3 Å². The topological polar surface area (TPSA) is 82.2 Å². The van der Waals surface area contributed by atoms with Crippen LogP contribution in [0.1, 0.15) is 19.4 Å². The van der Waals surface area contributed by atoms with Gasteiger partial charge in [-0.3, -0.25) is 4.90 Å². The van der Waals surface area contributed by atoms with Crippen LogP contribution in [0.2, 0.25) is 0 Å². The van der Waals surface area contributed by atoms with Crippen molar-refractivity contribution in [3.8, 4) is 6.07 Å². The predicted molar refractivity (Wildman–Crippen MR) is 122 cm³/mol. The van der Waals surface area contributed by atoms with Crippen LogP contribution in [0.25, 0.3) is 11.0 Å². The zero-order valence-corrected chi connectivity index (χ0v) is 19.2. The van der Waals surface area contributed by atoms with Gasteiger partial charge in [-0.2, -0.15) is 9.57 Å². The molecule has 0 unspecified atom stereocenters. The van der Waals surface area contributed by atoms with E-state index < -0.39 is 10.0 Å². The number of fused-ring (bicyclic) bond motifs is 1. The maximum Gasteiger partial charge on any atom is 0.244 e. The van der Waals surface area contributed by atoms with Crippen LogP contribution in [-0.2, 0) is 16.7 Å². The molecule has 0 saturated carbocycles. The van der Waals surface area contributed by atoms with E-state index in [1.165, 1.54) is 10.4 Å². The van der Waals surface area contributed by atoms with Crippen molar-refractivity contribution in [2.75, 3.05) is 26.2 Å². The quantitative estimate of drug-likeness (QED) is 0.530. The molecule has 0 bridgehead atoms. The molecule has 162 valence electrons. The molecule has 31 heavy (non-hydrogen) atoms. The van der Waals surface area contributed by atoms with Gasteiger partial charge in [0.1, 0.15) is 6.07 Å². The van der Waals surface area contributed by atoms with Crippen LogP contribution in [-0.4, -0.2) is 58.6 Å². The van der Waals surface area contributed by atoms with Gasteiger partial charge in [0.25, 0.3) is 0 Å². The van der Waals surface area contributed by atoms with E-state index >= 15 is 0 Å². The Morgan fingerprint density at radius 2 is 1.74 bits per heavy atom. The number of nitriles is 1. The standard InChI is InChI=1S/C22H25N5O2S2/c1-17(2)30-22-24-19-8-4-5-9-20(19)27(22)16-25-11-13-26(14-12-25)31(28,29)21-10-6-3-7-18(21)15-23/h3-10,17H,11-14,16H2,1-2H3. The van der Waals surface area contributed by atoms with E-state index in [0.29, 0.717) is 38.1 Å². The van der Waals surface area contributed by atoms with Gasteiger partial charge in [0, 0.05) is 31.4 Å². The van der Waals surface area contributed by atoms with Crippen molar-refractivity contribution in [2.45, 2.75) is 35.8 Å². The second-order valence-electron chi connectivity index (χ2n) is 7.75. The lowest BCUT2D eigenvalue weighted by Crippen LogP contribution is -2.49. The number of piperazine rings is 1. The van der Waals surface area contributed by atoms with Crippen LogP contribution in [0.4, 0.5) is 0 Å². The Hall–Kier alpha value is -2.38. The number of imidazole rings is 1. The van der Waals surface area contributed by atoms with Gasteiger partial charge in [-0.15, -0.1) is 0 Å². The normalized spacial score (nSPS) is 16.1. The third-order valence-electron chi connectivity index (χ3n) is 5.26. The van der Waals surface area contributed by atoms with Crippen LogP contribution in [0.15, 0.2) is 58.6 Å². The van der Waals surface area contributed by atoms with Gasteiger partial charge < -0.3 is 4.57 Å². The van der Waals surface area contributed by atoms with Crippen molar-refractivity contribution in [1.29, 1.82) is 5.26 Å². The second-order valence-corrected chi connectivity index (χ2v) is 11.2. The molecule has 0 spiro atoms. The van der Waals surface area contributed by atoms with Gasteiger partial charge in [0.2, 0.25) is 10.0 Å². The summed E-state index contributed by atoms with van der Waals surface area (Å²) in [5.41, 5.74) is 2.24. The van der Waals surface area contributed by atoms with Crippen molar-refractivity contribution in [3.05, 3.63) is 54.1 Å². The first-order valence-electron chi connectivity index (χ1n) is 10.2. The lowest BCUT2D eigenvalue weighted by Gasteiger charge is -2.34. The summed E-state index contributed by atoms with van der Waals surface area (Å²) in [5.74, 6) is 0. The fourth-order valence-electron chi connectivity index (χ4n) is 3.73. The number of nitrogens with zero attached hydrogens (tertiary/aromatic N) is 5. The number of aromatic nitrogens is 2. The van der Waals surface area contributed by atoms with E-state index in [-0.39, 0.29) is 10.5 Å². The minimum Gasteiger partial charge on any atom is -0.305 e. The second kappa shape index (κ2) is 9.01. The summed E-state index contributed by atoms with van der Waals surface area (Å²) in [6, 6.07) is 16.5. The minimum atomic E-state index is -3.69. The monoisotopic (exact) mass is 455 g/mol. The molecule has 9 heteroatoms. The molecule has 1 aromatic heterocycles. The van der Waals surface area contributed by atoms with Crippen LogP contribution in [0.5, 0.6) is 0 Å². The summed E-state index contributed by atoms with van der Waals surface area (Å²) < 4.78 is 29.9. The molecule has 4 rings (SSSR count). The number of hydrogen-bond donors (Lipinski definition) is 0. The molecule has 1 aliphatic rings. The van der Waals surface area contributed by atoms with Crippen molar-refractivity contribution >= 4 is 32.8 Å². The van der Waals surface area contributed by atoms with E-state index in [0.717, 1.165) is 16.2 Å². The highest BCUT2D eigenvalue weighted by molar-refractivity contribution is 7.99. The average Bonchev–Trinajstić information content (AvgIpc) is 3.10. The lowest BCUT2D eigenvalue weighted by molar-refractivity contribution is 0.150. The van der Waals surface area contributed by atoms with Crippen LogP contribution < -0.4 is 0 Å². The fourth-order valence-corrected chi connectivity index (χ4v) is 6.15. The Labute approximate surface area is 187 Å². The maximum absolute atomic E-state index is 13.1. The number of benzene rings is 2. The Morgan fingerprint density at radius 1 is 1.06 bits per heavy atom. The third-order valence-corrected chi connectivity index (χ3v) is 8.21. The smallest absolute Gasteiger partial charge is 0.244 e. The molecule has 2 heterocycles. The van der Waals surface area contributed by atoms with Crippen molar-refractivity contribution in [2.24, 2.45) is 0 Å². The van der Waals surface area contributed by atoms with Gasteiger partial charge >= 0.3 is 0 Å². The summed E-state index contributed by atoms with van der Waals surface area (Å²) in [6.45, 7) is 6.98. The molecule has 2 aromatic carbocycles. The molecule has 0 amide bonds. The maximum atomic E-state index is 13.1.